The van der Waals surface area contributed by atoms with E-state index < -0.39 is 18.0 Å². The van der Waals surface area contributed by atoms with Crippen molar-refractivity contribution in [2.45, 2.75) is 13.8 Å². The molecule has 2 amide bonds. The maximum atomic E-state index is 9.60. The van der Waals surface area contributed by atoms with Gasteiger partial charge in [-0.15, -0.1) is 0 Å². The molecule has 0 aromatic heterocycles. The largest absolute Gasteiger partial charge is 0.478 e. The van der Waals surface area contributed by atoms with E-state index in [1.165, 1.54) is 13.8 Å². The molecule has 0 spiro atoms. The molecule has 0 bridgehead atoms. The molecule has 0 aliphatic rings. The summed E-state index contributed by atoms with van der Waals surface area (Å²) < 4.78 is 0. The Hall–Kier alpha value is -2.31. The predicted molar refractivity (Wildman–Crippen MR) is 58.7 cm³/mol. The van der Waals surface area contributed by atoms with Crippen molar-refractivity contribution in [3.63, 3.8) is 0 Å². The first-order chi connectivity index (χ1) is 7.02. The average Bonchev–Trinajstić information content (AvgIpc) is 2.03. The Morgan fingerprint density at radius 2 is 0.938 bits per heavy atom. The van der Waals surface area contributed by atoms with Crippen LogP contribution in [0.25, 0.3) is 0 Å². The number of hydrogen-bond acceptors (Lipinski definition) is 3. The quantitative estimate of drug-likeness (QED) is 0.506. The fraction of sp³-hybridized carbons (Fsp3) is 0.222. The summed E-state index contributed by atoms with van der Waals surface area (Å²) in [5.41, 5.74) is 8.85. The van der Waals surface area contributed by atoms with E-state index in [1.807, 2.05) is 0 Å². The minimum absolute atomic E-state index is 0.176. The van der Waals surface area contributed by atoms with Crippen LogP contribution in [0.3, 0.4) is 0 Å². The molecule has 0 aliphatic carbocycles. The monoisotopic (exact) mass is 232 g/mol. The highest BCUT2D eigenvalue weighted by atomic mass is 16.4. The van der Waals surface area contributed by atoms with Crippen molar-refractivity contribution in [3.05, 3.63) is 24.3 Å². The van der Waals surface area contributed by atoms with Crippen molar-refractivity contribution >= 4 is 18.0 Å². The van der Waals surface area contributed by atoms with E-state index in [4.69, 9.17) is 15.0 Å². The number of urea groups is 1. The molecule has 0 saturated heterocycles. The van der Waals surface area contributed by atoms with Crippen molar-refractivity contribution in [2.75, 3.05) is 0 Å². The summed E-state index contributed by atoms with van der Waals surface area (Å²) in [7, 11) is 0. The smallest absolute Gasteiger partial charge is 0.330 e. The highest BCUT2D eigenvalue weighted by Gasteiger charge is 1.90. The molecule has 16 heavy (non-hydrogen) atoms. The zero-order valence-electron chi connectivity index (χ0n) is 9.19. The first-order valence-corrected chi connectivity index (χ1v) is 3.84. The number of carbonyl (C=O) groups excluding carboxylic acids is 1. The number of carboxylic acids is 2. The van der Waals surface area contributed by atoms with Gasteiger partial charge in [0.25, 0.3) is 0 Å². The van der Waals surface area contributed by atoms with Crippen LogP contribution in [-0.4, -0.2) is 28.2 Å². The Kier molecular flexibility index (Phi) is 13.0. The Balaban J connectivity index is -0.000000162. The van der Waals surface area contributed by atoms with Crippen LogP contribution in [-0.2, 0) is 9.59 Å². The second kappa shape index (κ2) is 10.8. The summed E-state index contributed by atoms with van der Waals surface area (Å²) in [6.45, 7) is 9.20. The Labute approximate surface area is 93.0 Å². The molecule has 0 saturated carbocycles. The summed E-state index contributed by atoms with van der Waals surface area (Å²) in [4.78, 5) is 28.2. The van der Waals surface area contributed by atoms with Gasteiger partial charge in [0, 0.05) is 11.1 Å². The molecule has 0 atom stereocenters. The molecule has 0 aromatic rings. The van der Waals surface area contributed by atoms with Crippen LogP contribution in [0.15, 0.2) is 24.3 Å². The molecule has 0 aliphatic heterocycles. The van der Waals surface area contributed by atoms with Gasteiger partial charge >= 0.3 is 18.0 Å². The fourth-order valence-corrected chi connectivity index (χ4v) is 0. The average molecular weight is 232 g/mol. The molecular weight excluding hydrogens is 216 g/mol. The van der Waals surface area contributed by atoms with Gasteiger partial charge in [-0.3, -0.25) is 0 Å². The van der Waals surface area contributed by atoms with Crippen LogP contribution in [0.5, 0.6) is 0 Å². The number of hydrogen-bond donors (Lipinski definition) is 4. The number of amides is 2. The number of aliphatic carboxylic acids is 2. The van der Waals surface area contributed by atoms with Crippen LogP contribution in [0, 0.1) is 0 Å². The van der Waals surface area contributed by atoms with Crippen LogP contribution >= 0.6 is 0 Å². The SMILES string of the molecule is C=C(C)C(=O)O.C=C(C)C(=O)O.NC(N)=O. The highest BCUT2D eigenvalue weighted by Crippen LogP contribution is 1.81. The van der Waals surface area contributed by atoms with E-state index >= 15 is 0 Å². The zero-order chi connectivity index (χ0) is 13.9. The van der Waals surface area contributed by atoms with Crippen molar-refractivity contribution in [3.8, 4) is 0 Å². The second-order valence-corrected chi connectivity index (χ2v) is 2.57. The van der Waals surface area contributed by atoms with Crippen LogP contribution in [0.1, 0.15) is 13.8 Å². The molecule has 0 unspecified atom stereocenters. The first-order valence-electron chi connectivity index (χ1n) is 3.84. The third-order valence-corrected chi connectivity index (χ3v) is 0.730. The molecular formula is C9H16N2O5. The van der Waals surface area contributed by atoms with E-state index in [2.05, 4.69) is 24.6 Å². The second-order valence-electron chi connectivity index (χ2n) is 2.57. The molecule has 0 rings (SSSR count). The zero-order valence-corrected chi connectivity index (χ0v) is 9.19. The lowest BCUT2D eigenvalue weighted by Crippen LogP contribution is -2.18. The molecule has 0 aromatic carbocycles. The van der Waals surface area contributed by atoms with E-state index in [1.54, 1.807) is 0 Å². The number of rotatable bonds is 2. The highest BCUT2D eigenvalue weighted by molar-refractivity contribution is 5.85. The topological polar surface area (TPSA) is 144 Å². The lowest BCUT2D eigenvalue weighted by molar-refractivity contribution is -0.133. The normalized spacial score (nSPS) is 7.12. The number of carboxylic acid groups (broad SMARTS) is 2. The van der Waals surface area contributed by atoms with Gasteiger partial charge in [-0.1, -0.05) is 13.2 Å². The van der Waals surface area contributed by atoms with Crippen molar-refractivity contribution in [1.82, 2.24) is 0 Å². The summed E-state index contributed by atoms with van der Waals surface area (Å²) in [5.74, 6) is -1.87. The predicted octanol–water partition coefficient (Wildman–Crippen LogP) is 0.318. The van der Waals surface area contributed by atoms with Crippen molar-refractivity contribution in [1.29, 1.82) is 0 Å². The minimum Gasteiger partial charge on any atom is -0.478 e. The van der Waals surface area contributed by atoms with Gasteiger partial charge in [0.1, 0.15) is 0 Å². The van der Waals surface area contributed by atoms with Gasteiger partial charge in [-0.05, 0) is 13.8 Å². The van der Waals surface area contributed by atoms with Gasteiger partial charge in [0.05, 0.1) is 0 Å². The first kappa shape index (κ1) is 19.3. The molecule has 0 heterocycles. The van der Waals surface area contributed by atoms with E-state index in [-0.39, 0.29) is 11.1 Å². The third-order valence-electron chi connectivity index (χ3n) is 0.730. The lowest BCUT2D eigenvalue weighted by Gasteiger charge is -1.79. The summed E-state index contributed by atoms with van der Waals surface area (Å²) in [6, 6.07) is -0.833. The van der Waals surface area contributed by atoms with E-state index in [0.717, 1.165) is 0 Å². The van der Waals surface area contributed by atoms with Gasteiger partial charge in [-0.2, -0.15) is 0 Å². The molecule has 92 valence electrons. The molecule has 6 N–H and O–H groups in total. The van der Waals surface area contributed by atoms with Gasteiger partial charge in [0.2, 0.25) is 0 Å². The van der Waals surface area contributed by atoms with Crippen molar-refractivity contribution < 1.29 is 24.6 Å². The van der Waals surface area contributed by atoms with Gasteiger partial charge in [-0.25, -0.2) is 14.4 Å². The van der Waals surface area contributed by atoms with Crippen LogP contribution in [0.4, 0.5) is 4.79 Å². The van der Waals surface area contributed by atoms with Crippen LogP contribution < -0.4 is 11.5 Å². The fourth-order valence-electron chi connectivity index (χ4n) is 0. The summed E-state index contributed by atoms with van der Waals surface area (Å²) in [6.07, 6.45) is 0. The Morgan fingerprint density at radius 3 is 0.938 bits per heavy atom. The van der Waals surface area contributed by atoms with Crippen molar-refractivity contribution in [2.24, 2.45) is 11.5 Å². The maximum Gasteiger partial charge on any atom is 0.330 e. The summed E-state index contributed by atoms with van der Waals surface area (Å²) >= 11 is 0. The maximum absolute atomic E-state index is 9.60. The molecule has 0 radical (unpaired) electrons. The van der Waals surface area contributed by atoms with Gasteiger partial charge in [0.15, 0.2) is 0 Å². The van der Waals surface area contributed by atoms with E-state index in [0.29, 0.717) is 0 Å². The summed E-state index contributed by atoms with van der Waals surface area (Å²) in [5, 5.41) is 15.8. The number of carbonyl (C=O) groups is 3. The van der Waals surface area contributed by atoms with Gasteiger partial charge < -0.3 is 21.7 Å². The molecule has 7 heteroatoms. The number of primary amides is 2. The Morgan fingerprint density at radius 1 is 0.875 bits per heavy atom. The third kappa shape index (κ3) is 41.3. The Bertz CT molecular complexity index is 244. The van der Waals surface area contributed by atoms with Crippen LogP contribution in [0.2, 0.25) is 0 Å². The standard InChI is InChI=1S/2C4H6O2.CH4N2O/c2*1-3(2)4(5)6;2-1(3)4/h2*1H2,2H3,(H,5,6);(H4,2,3,4). The molecule has 7 nitrogen and oxygen atoms in total. The lowest BCUT2D eigenvalue weighted by atomic mass is 10.4. The molecule has 0 fully saturated rings. The van der Waals surface area contributed by atoms with E-state index in [9.17, 15) is 9.59 Å². The number of nitrogens with two attached hydrogens (primary N) is 2. The minimum atomic E-state index is -0.935.